The molecule has 1 amide bonds. The molecule has 24 heavy (non-hydrogen) atoms. The molecule has 6 nitrogen and oxygen atoms in total. The van der Waals surface area contributed by atoms with Gasteiger partial charge < -0.3 is 4.90 Å². The lowest BCUT2D eigenvalue weighted by Gasteiger charge is -2.38. The Bertz CT molecular complexity index is 837. The molecule has 0 bridgehead atoms. The van der Waals surface area contributed by atoms with Gasteiger partial charge in [-0.2, -0.15) is 0 Å². The second kappa shape index (κ2) is 6.88. The van der Waals surface area contributed by atoms with Gasteiger partial charge in [0.1, 0.15) is 5.25 Å². The molecule has 1 fully saturated rings. The topological polar surface area (TPSA) is 79.4 Å². The van der Waals surface area contributed by atoms with E-state index >= 15 is 0 Å². The second-order valence-corrected chi connectivity index (χ2v) is 8.05. The van der Waals surface area contributed by atoms with Gasteiger partial charge in [-0.1, -0.05) is 23.7 Å². The molecule has 1 saturated heterocycles. The van der Waals surface area contributed by atoms with Crippen LogP contribution in [0.2, 0.25) is 5.02 Å². The highest BCUT2D eigenvalue weighted by Gasteiger charge is 2.39. The Labute approximate surface area is 145 Å². The zero-order chi connectivity index (χ0) is 17.2. The lowest BCUT2D eigenvalue weighted by Crippen LogP contribution is -2.59. The maximum atomic E-state index is 12.3. The summed E-state index contributed by atoms with van der Waals surface area (Å²) in [6, 6.07) is 10.2. The number of carbonyl (C=O) groups excluding carboxylic acids is 1. The van der Waals surface area contributed by atoms with E-state index in [4.69, 9.17) is 11.6 Å². The third-order valence-corrected chi connectivity index (χ3v) is 5.80. The van der Waals surface area contributed by atoms with Crippen molar-refractivity contribution in [2.75, 3.05) is 13.1 Å². The highest BCUT2D eigenvalue weighted by atomic mass is 35.5. The molecule has 3 rings (SSSR count). The Morgan fingerprint density at radius 3 is 2.75 bits per heavy atom. The van der Waals surface area contributed by atoms with Crippen LogP contribution in [0, 0.1) is 0 Å². The first-order valence-electron chi connectivity index (χ1n) is 7.38. The maximum Gasteiger partial charge on any atom is 0.253 e. The third kappa shape index (κ3) is 3.75. The molecule has 0 unspecified atom stereocenters. The minimum atomic E-state index is -3.48. The lowest BCUT2D eigenvalue weighted by molar-refractivity contribution is 0.0658. The van der Waals surface area contributed by atoms with E-state index in [0.717, 1.165) is 5.56 Å². The Kier molecular flexibility index (Phi) is 4.84. The number of nitrogens with zero attached hydrogens (tertiary/aromatic N) is 2. The Morgan fingerprint density at radius 1 is 1.29 bits per heavy atom. The summed E-state index contributed by atoms with van der Waals surface area (Å²) in [6.07, 6.45) is 3.24. The predicted octanol–water partition coefficient (Wildman–Crippen LogP) is 1.68. The van der Waals surface area contributed by atoms with Crippen LogP contribution in [-0.4, -0.2) is 42.5 Å². The zero-order valence-electron chi connectivity index (χ0n) is 12.7. The van der Waals surface area contributed by atoms with E-state index in [0.29, 0.717) is 10.6 Å². The first kappa shape index (κ1) is 16.9. The number of carbonyl (C=O) groups is 1. The van der Waals surface area contributed by atoms with Crippen LogP contribution in [0.25, 0.3) is 0 Å². The molecule has 1 N–H and O–H groups in total. The molecule has 1 aliphatic heterocycles. The van der Waals surface area contributed by atoms with Crippen molar-refractivity contribution < 1.29 is 13.2 Å². The molecule has 1 aromatic carbocycles. The van der Waals surface area contributed by atoms with Crippen LogP contribution in [0.4, 0.5) is 0 Å². The molecular weight excluding hydrogens is 350 g/mol. The molecule has 0 aliphatic carbocycles. The summed E-state index contributed by atoms with van der Waals surface area (Å²) in [6.45, 7) is 0.538. The number of aromatic nitrogens is 1. The summed E-state index contributed by atoms with van der Waals surface area (Å²) in [5.74, 6) is -0.212. The number of hydrogen-bond donors (Lipinski definition) is 1. The van der Waals surface area contributed by atoms with Crippen LogP contribution in [0.5, 0.6) is 0 Å². The fourth-order valence-electron chi connectivity index (χ4n) is 2.41. The van der Waals surface area contributed by atoms with Crippen molar-refractivity contribution in [1.82, 2.24) is 14.6 Å². The first-order valence-corrected chi connectivity index (χ1v) is 9.30. The van der Waals surface area contributed by atoms with E-state index in [9.17, 15) is 13.2 Å². The number of likely N-dealkylation sites (tertiary alicyclic amines) is 1. The van der Waals surface area contributed by atoms with Crippen molar-refractivity contribution in [3.05, 3.63) is 64.9 Å². The van der Waals surface area contributed by atoms with E-state index in [1.165, 1.54) is 4.90 Å². The molecule has 2 aromatic rings. The average molecular weight is 366 g/mol. The zero-order valence-corrected chi connectivity index (χ0v) is 14.3. The van der Waals surface area contributed by atoms with Gasteiger partial charge in [0, 0.05) is 42.6 Å². The smallest absolute Gasteiger partial charge is 0.253 e. The summed E-state index contributed by atoms with van der Waals surface area (Å²) in [5, 5.41) is -0.124. The first-order chi connectivity index (χ1) is 11.5. The van der Waals surface area contributed by atoms with E-state index < -0.39 is 15.3 Å². The van der Waals surface area contributed by atoms with Crippen LogP contribution in [0.15, 0.2) is 48.8 Å². The predicted molar refractivity (Wildman–Crippen MR) is 91.1 cm³/mol. The minimum Gasteiger partial charge on any atom is -0.336 e. The third-order valence-electron chi connectivity index (χ3n) is 3.85. The summed E-state index contributed by atoms with van der Waals surface area (Å²) >= 11 is 5.87. The van der Waals surface area contributed by atoms with E-state index in [1.807, 2.05) is 0 Å². The number of amides is 1. The minimum absolute atomic E-state index is 0.174. The van der Waals surface area contributed by atoms with Gasteiger partial charge in [-0.25, -0.2) is 13.1 Å². The number of hydrogen-bond acceptors (Lipinski definition) is 4. The number of rotatable bonds is 5. The molecule has 0 radical (unpaired) electrons. The molecule has 0 spiro atoms. The Hall–Kier alpha value is -1.96. The Balaban J connectivity index is 1.56. The molecular formula is C16H16ClN3O3S. The van der Waals surface area contributed by atoms with E-state index in [-0.39, 0.29) is 25.5 Å². The van der Waals surface area contributed by atoms with Gasteiger partial charge in [0.2, 0.25) is 10.0 Å². The average Bonchev–Trinajstić information content (AvgIpc) is 2.52. The molecule has 8 heteroatoms. The molecule has 1 aromatic heterocycles. The normalized spacial score (nSPS) is 15.1. The van der Waals surface area contributed by atoms with Gasteiger partial charge in [-0.3, -0.25) is 9.78 Å². The Morgan fingerprint density at radius 2 is 2.08 bits per heavy atom. The quantitative estimate of drug-likeness (QED) is 0.874. The second-order valence-electron chi connectivity index (χ2n) is 5.57. The summed E-state index contributed by atoms with van der Waals surface area (Å²) in [7, 11) is -3.48. The largest absolute Gasteiger partial charge is 0.336 e. The van der Waals surface area contributed by atoms with Crippen LogP contribution < -0.4 is 4.72 Å². The van der Waals surface area contributed by atoms with Crippen molar-refractivity contribution in [1.29, 1.82) is 0 Å². The highest BCUT2D eigenvalue weighted by molar-refractivity contribution is 7.90. The van der Waals surface area contributed by atoms with E-state index in [1.54, 1.807) is 48.8 Å². The molecule has 1 aliphatic rings. The summed E-state index contributed by atoms with van der Waals surface area (Å²) in [5.41, 5.74) is 1.24. The standard InChI is InChI=1S/C16H16ClN3O3S/c17-14-5-1-4-13(7-14)16(21)20-10-15(11-20)24(22,23)19-9-12-3-2-6-18-8-12/h1-8,15,19H,9-11H2. The monoisotopic (exact) mass is 365 g/mol. The number of halogens is 1. The van der Waals surface area contributed by atoms with E-state index in [2.05, 4.69) is 9.71 Å². The summed E-state index contributed by atoms with van der Waals surface area (Å²) < 4.78 is 27.1. The fourth-order valence-corrected chi connectivity index (χ4v) is 3.96. The van der Waals surface area contributed by atoms with Gasteiger partial charge in [-0.15, -0.1) is 0 Å². The van der Waals surface area contributed by atoms with Crippen molar-refractivity contribution in [3.63, 3.8) is 0 Å². The van der Waals surface area contributed by atoms with Crippen LogP contribution in [0.3, 0.4) is 0 Å². The van der Waals surface area contributed by atoms with Gasteiger partial charge in [0.05, 0.1) is 0 Å². The number of benzene rings is 1. The van der Waals surface area contributed by atoms with Gasteiger partial charge in [-0.05, 0) is 29.8 Å². The SMILES string of the molecule is O=C(c1cccc(Cl)c1)N1CC(S(=O)(=O)NCc2cccnc2)C1. The highest BCUT2D eigenvalue weighted by Crippen LogP contribution is 2.20. The molecule has 0 atom stereocenters. The summed E-state index contributed by atoms with van der Waals surface area (Å²) in [4.78, 5) is 17.7. The maximum absolute atomic E-state index is 12.3. The molecule has 0 saturated carbocycles. The van der Waals surface area contributed by atoms with Crippen molar-refractivity contribution >= 4 is 27.5 Å². The molecule has 2 heterocycles. The van der Waals surface area contributed by atoms with Crippen LogP contribution in [0.1, 0.15) is 15.9 Å². The van der Waals surface area contributed by atoms with Gasteiger partial charge in [0.25, 0.3) is 5.91 Å². The van der Waals surface area contributed by atoms with Crippen LogP contribution >= 0.6 is 11.6 Å². The van der Waals surface area contributed by atoms with Crippen molar-refractivity contribution in [3.8, 4) is 0 Å². The van der Waals surface area contributed by atoms with Crippen molar-refractivity contribution in [2.45, 2.75) is 11.8 Å². The van der Waals surface area contributed by atoms with Crippen LogP contribution in [-0.2, 0) is 16.6 Å². The van der Waals surface area contributed by atoms with Gasteiger partial charge >= 0.3 is 0 Å². The fraction of sp³-hybridized carbons (Fsp3) is 0.250. The number of nitrogens with one attached hydrogen (secondary N) is 1. The van der Waals surface area contributed by atoms with Gasteiger partial charge in [0.15, 0.2) is 0 Å². The molecule has 126 valence electrons. The lowest BCUT2D eigenvalue weighted by atomic mass is 10.1. The number of pyridine rings is 1. The van der Waals surface area contributed by atoms with Crippen molar-refractivity contribution in [2.24, 2.45) is 0 Å². The number of sulfonamides is 1.